The lowest BCUT2D eigenvalue weighted by molar-refractivity contribution is -0.197. The number of allylic oxidation sites excluding steroid dienone is 3. The van der Waals surface area contributed by atoms with Crippen LogP contribution in [0.4, 0.5) is 0 Å². The van der Waals surface area contributed by atoms with Crippen LogP contribution in [0.2, 0.25) is 0 Å². The van der Waals surface area contributed by atoms with E-state index in [2.05, 4.69) is 87.8 Å². The normalized spacial score (nSPS) is 39.0. The summed E-state index contributed by atoms with van der Waals surface area (Å²) in [5, 5.41) is 13.4. The number of rotatable bonds is 11. The first-order chi connectivity index (χ1) is 28.4. The summed E-state index contributed by atoms with van der Waals surface area (Å²) in [4.78, 5) is 42.6. The van der Waals surface area contributed by atoms with Gasteiger partial charge in [0.2, 0.25) is 5.91 Å². The van der Waals surface area contributed by atoms with Crippen LogP contribution in [-0.4, -0.2) is 59.6 Å². The molecule has 3 unspecified atom stereocenters. The first-order valence-corrected chi connectivity index (χ1v) is 24.2. The van der Waals surface area contributed by atoms with Crippen molar-refractivity contribution in [3.05, 3.63) is 59.7 Å². The Labute approximate surface area is 362 Å². The Morgan fingerprint density at radius 2 is 1.62 bits per heavy atom. The quantitative estimate of drug-likeness (QED) is 0.170. The van der Waals surface area contributed by atoms with Gasteiger partial charge in [0.05, 0.1) is 17.3 Å². The lowest BCUT2D eigenvalue weighted by Crippen LogP contribution is -2.62. The Kier molecular flexibility index (Phi) is 11.9. The minimum Gasteiger partial charge on any atom is -0.481 e. The van der Waals surface area contributed by atoms with Crippen molar-refractivity contribution in [1.82, 2.24) is 10.2 Å². The number of esters is 1. The molecular weight excluding hydrogens is 745 g/mol. The van der Waals surface area contributed by atoms with Crippen molar-refractivity contribution >= 4 is 17.8 Å². The van der Waals surface area contributed by atoms with Gasteiger partial charge in [0.15, 0.2) is 0 Å². The van der Waals surface area contributed by atoms with E-state index in [1.807, 2.05) is 0 Å². The number of aliphatic carboxylic acids is 1. The second kappa shape index (κ2) is 16.3. The number of fused-ring (bicyclic) bond motifs is 7. The van der Waals surface area contributed by atoms with Gasteiger partial charge < -0.3 is 20.1 Å². The number of carboxylic acid groups (broad SMARTS) is 1. The standard InChI is InChI=1S/C53H78N2O5/c1-34(2)39-18-26-53(47(57)54-38-15-14-37(31-38)33-55-28-22-36(23-29-55)30-35-12-10-9-11-13-35)27-19-41-40(46(39)53)16-17-43-51(41,7)24-20-42-50(5,6)44(21-25-52(42,43)8)60-45(56)32-49(3,4)48(58)59/h9-13,19,36-40,42-44,46H,1,14-18,20-33H2,2-8H3,(H,54,57)(H,58,59)/t37?,38?,39-,40-,42-,43-,44?,46+,51-,52-,53-/m0/s1. The van der Waals surface area contributed by atoms with Gasteiger partial charge in [-0.2, -0.15) is 0 Å². The van der Waals surface area contributed by atoms with Gasteiger partial charge in [-0.15, -0.1) is 0 Å². The minimum absolute atomic E-state index is 0.0822. The molecule has 7 aliphatic rings. The smallest absolute Gasteiger partial charge is 0.309 e. The fraction of sp³-hybridized carbons (Fsp3) is 0.755. The Morgan fingerprint density at radius 3 is 2.32 bits per heavy atom. The van der Waals surface area contributed by atoms with Crippen molar-refractivity contribution in [1.29, 1.82) is 0 Å². The van der Waals surface area contributed by atoms with Gasteiger partial charge in [-0.05, 0) is 188 Å². The van der Waals surface area contributed by atoms with E-state index < -0.39 is 17.4 Å². The molecule has 8 rings (SSSR count). The second-order valence-corrected chi connectivity index (χ2v) is 23.3. The number of piperidine rings is 1. The lowest BCUT2D eigenvalue weighted by atomic mass is 9.38. The molecule has 0 spiro atoms. The Balaban J connectivity index is 0.927. The number of hydrogen-bond donors (Lipinski definition) is 2. The van der Waals surface area contributed by atoms with Crippen LogP contribution in [0.15, 0.2) is 54.1 Å². The molecule has 7 heteroatoms. The number of ether oxygens (including phenoxy) is 1. The number of likely N-dealkylation sites (tertiary alicyclic amines) is 1. The summed E-state index contributed by atoms with van der Waals surface area (Å²) in [6.07, 6.45) is 18.7. The molecular formula is C53H78N2O5. The highest BCUT2D eigenvalue weighted by molar-refractivity contribution is 5.85. The Bertz CT molecular complexity index is 1830. The topological polar surface area (TPSA) is 95.9 Å². The molecule has 5 saturated carbocycles. The number of hydrogen-bond acceptors (Lipinski definition) is 5. The minimum atomic E-state index is -1.15. The molecule has 7 nitrogen and oxygen atoms in total. The average molecular weight is 823 g/mol. The zero-order chi connectivity index (χ0) is 42.8. The summed E-state index contributed by atoms with van der Waals surface area (Å²) < 4.78 is 6.19. The van der Waals surface area contributed by atoms with E-state index in [0.717, 1.165) is 70.1 Å². The third kappa shape index (κ3) is 7.76. The van der Waals surface area contributed by atoms with Crippen molar-refractivity contribution in [3.8, 4) is 0 Å². The molecule has 6 aliphatic carbocycles. The van der Waals surface area contributed by atoms with Crippen LogP contribution < -0.4 is 5.32 Å². The van der Waals surface area contributed by atoms with Crippen LogP contribution in [0.5, 0.6) is 0 Å². The number of benzene rings is 1. The molecule has 1 aromatic carbocycles. The molecule has 1 amide bonds. The zero-order valence-corrected chi connectivity index (χ0v) is 38.3. The van der Waals surface area contributed by atoms with Gasteiger partial charge in [-0.1, -0.05) is 81.8 Å². The van der Waals surface area contributed by atoms with Crippen LogP contribution in [0.3, 0.4) is 0 Å². The fourth-order valence-electron chi connectivity index (χ4n) is 15.7. The van der Waals surface area contributed by atoms with Crippen LogP contribution in [0, 0.1) is 68.5 Å². The zero-order valence-electron chi connectivity index (χ0n) is 38.3. The maximum absolute atomic E-state index is 14.9. The monoisotopic (exact) mass is 823 g/mol. The summed E-state index contributed by atoms with van der Waals surface area (Å²) in [6, 6.07) is 11.3. The maximum Gasteiger partial charge on any atom is 0.309 e. The highest BCUT2D eigenvalue weighted by Gasteiger charge is 2.67. The Hall–Kier alpha value is -2.93. The molecule has 0 bridgehead atoms. The van der Waals surface area contributed by atoms with E-state index in [1.54, 1.807) is 19.4 Å². The number of carboxylic acids is 1. The SMILES string of the molecule is C=C(C)[C@@H]1CC[C@]2(C(=O)NC3CCC(CN4CCC(Cc5ccccc5)CC4)C3)CC=C3[C@H](CC[C@@H]4[C@@]5(C)CCC(OC(=O)CC(C)(C)C(=O)O)C(C)(C)[C@@H]5CC[C@@]34C)[C@@H]12. The summed E-state index contributed by atoms with van der Waals surface area (Å²) in [5.74, 6) is 2.48. The average Bonchev–Trinajstić information content (AvgIpc) is 3.82. The van der Waals surface area contributed by atoms with Crippen LogP contribution in [0.1, 0.15) is 150 Å². The third-order valence-electron chi connectivity index (χ3n) is 18.9. The van der Waals surface area contributed by atoms with E-state index >= 15 is 0 Å². The number of amides is 1. The van der Waals surface area contributed by atoms with Crippen LogP contribution >= 0.6 is 0 Å². The second-order valence-electron chi connectivity index (χ2n) is 23.3. The van der Waals surface area contributed by atoms with Gasteiger partial charge >= 0.3 is 11.9 Å². The van der Waals surface area contributed by atoms with Gasteiger partial charge in [-0.3, -0.25) is 14.4 Å². The highest BCUT2D eigenvalue weighted by atomic mass is 16.5. The van der Waals surface area contributed by atoms with Crippen molar-refractivity contribution < 1.29 is 24.2 Å². The summed E-state index contributed by atoms with van der Waals surface area (Å²) in [7, 11) is 0. The Morgan fingerprint density at radius 1 is 0.883 bits per heavy atom. The molecule has 6 fully saturated rings. The summed E-state index contributed by atoms with van der Waals surface area (Å²) in [5.41, 5.74) is 2.86. The van der Waals surface area contributed by atoms with E-state index in [0.29, 0.717) is 41.4 Å². The van der Waals surface area contributed by atoms with E-state index in [-0.39, 0.29) is 40.2 Å². The predicted molar refractivity (Wildman–Crippen MR) is 239 cm³/mol. The number of carbonyl (C=O) groups excluding carboxylic acids is 2. The molecule has 1 aromatic rings. The van der Waals surface area contributed by atoms with Gasteiger partial charge in [0.1, 0.15) is 6.10 Å². The first-order valence-electron chi connectivity index (χ1n) is 24.2. The molecule has 1 saturated heterocycles. The molecule has 1 aliphatic heterocycles. The molecule has 2 N–H and O–H groups in total. The van der Waals surface area contributed by atoms with Gasteiger partial charge in [0, 0.05) is 18.0 Å². The number of carbonyl (C=O) groups is 3. The first kappa shape index (κ1) is 43.7. The number of nitrogens with zero attached hydrogens (tertiary/aromatic N) is 1. The predicted octanol–water partition coefficient (Wildman–Crippen LogP) is 10.8. The van der Waals surface area contributed by atoms with E-state index in [4.69, 9.17) is 4.74 Å². The largest absolute Gasteiger partial charge is 0.481 e. The number of nitrogens with one attached hydrogen (secondary N) is 1. The molecule has 330 valence electrons. The van der Waals surface area contributed by atoms with E-state index in [1.165, 1.54) is 62.9 Å². The van der Waals surface area contributed by atoms with Crippen molar-refractivity contribution in [2.45, 2.75) is 163 Å². The van der Waals surface area contributed by atoms with E-state index in [9.17, 15) is 19.5 Å². The molecule has 1 heterocycles. The highest BCUT2D eigenvalue weighted by Crippen LogP contribution is 2.73. The van der Waals surface area contributed by atoms with Crippen LogP contribution in [-0.2, 0) is 25.5 Å². The lowest BCUT2D eigenvalue weighted by Gasteiger charge is -2.67. The molecule has 11 atom stereocenters. The van der Waals surface area contributed by atoms with Crippen LogP contribution in [0.25, 0.3) is 0 Å². The molecule has 0 aromatic heterocycles. The van der Waals surface area contributed by atoms with Crippen molar-refractivity contribution in [3.63, 3.8) is 0 Å². The molecule has 0 radical (unpaired) electrons. The van der Waals surface area contributed by atoms with Crippen molar-refractivity contribution in [2.75, 3.05) is 19.6 Å². The molecule has 60 heavy (non-hydrogen) atoms. The fourth-order valence-corrected chi connectivity index (χ4v) is 15.7. The van der Waals surface area contributed by atoms with Gasteiger partial charge in [-0.25, -0.2) is 0 Å². The summed E-state index contributed by atoms with van der Waals surface area (Å²) in [6.45, 7) is 23.3. The van der Waals surface area contributed by atoms with Gasteiger partial charge in [0.25, 0.3) is 0 Å². The summed E-state index contributed by atoms with van der Waals surface area (Å²) >= 11 is 0. The third-order valence-corrected chi connectivity index (χ3v) is 18.9. The van der Waals surface area contributed by atoms with Crippen molar-refractivity contribution in [2.24, 2.45) is 68.5 Å². The maximum atomic E-state index is 14.9.